The average molecular weight is 387 g/mol. The standard InChI is InChI=1S/C18H25ClF2N4O/c19-17-15(18(20)21)7-16(23-24-17)22-14-5-12-9-25(10-13(12)6-14)8-11-1-3-26-4-2-11/h7,11-14,18H,1-6,8-10H2,(H,22,23)/t12-,13+,14-. The summed E-state index contributed by atoms with van der Waals surface area (Å²) in [6.45, 7) is 5.29. The molecule has 0 unspecified atom stereocenters. The molecule has 0 bridgehead atoms. The van der Waals surface area contributed by atoms with Gasteiger partial charge in [0.2, 0.25) is 0 Å². The van der Waals surface area contributed by atoms with Gasteiger partial charge >= 0.3 is 0 Å². The van der Waals surface area contributed by atoms with Crippen molar-refractivity contribution in [3.05, 3.63) is 16.8 Å². The minimum atomic E-state index is -2.64. The summed E-state index contributed by atoms with van der Waals surface area (Å²) in [5.74, 6) is 2.53. The molecule has 144 valence electrons. The third kappa shape index (κ3) is 4.10. The minimum absolute atomic E-state index is 0.224. The molecule has 8 heteroatoms. The number of hydrogen-bond acceptors (Lipinski definition) is 5. The summed E-state index contributed by atoms with van der Waals surface area (Å²) in [4.78, 5) is 2.61. The number of aromatic nitrogens is 2. The van der Waals surface area contributed by atoms with Crippen LogP contribution >= 0.6 is 11.6 Å². The first kappa shape index (κ1) is 18.3. The monoisotopic (exact) mass is 386 g/mol. The zero-order valence-electron chi connectivity index (χ0n) is 14.7. The average Bonchev–Trinajstić information content (AvgIpc) is 3.15. The maximum atomic E-state index is 13.0. The van der Waals surface area contributed by atoms with Crippen molar-refractivity contribution in [2.75, 3.05) is 38.2 Å². The van der Waals surface area contributed by atoms with Gasteiger partial charge in [-0.25, -0.2) is 8.78 Å². The fraction of sp³-hybridized carbons (Fsp3) is 0.778. The highest BCUT2D eigenvalue weighted by atomic mass is 35.5. The van der Waals surface area contributed by atoms with E-state index in [4.69, 9.17) is 16.3 Å². The number of hydrogen-bond donors (Lipinski definition) is 1. The van der Waals surface area contributed by atoms with Crippen LogP contribution < -0.4 is 5.32 Å². The third-order valence-corrected chi connectivity index (χ3v) is 6.34. The molecular weight excluding hydrogens is 362 g/mol. The van der Waals surface area contributed by atoms with Gasteiger partial charge in [0.15, 0.2) is 5.15 Å². The summed E-state index contributed by atoms with van der Waals surface area (Å²) >= 11 is 5.69. The molecule has 4 rings (SSSR count). The first-order chi connectivity index (χ1) is 12.6. The summed E-state index contributed by atoms with van der Waals surface area (Å²) in [6.07, 6.45) is 1.84. The Labute approximate surface area is 157 Å². The lowest BCUT2D eigenvalue weighted by molar-refractivity contribution is 0.0545. The van der Waals surface area contributed by atoms with Crippen LogP contribution in [0.2, 0.25) is 5.15 Å². The van der Waals surface area contributed by atoms with Crippen molar-refractivity contribution in [1.29, 1.82) is 0 Å². The molecule has 1 N–H and O–H groups in total. The Kier molecular flexibility index (Phi) is 5.57. The SMILES string of the molecule is FC(F)c1cc(N[C@@H]2C[C@@H]3CN(CC4CCOCC4)C[C@@H]3C2)nnc1Cl. The van der Waals surface area contributed by atoms with E-state index >= 15 is 0 Å². The molecule has 3 fully saturated rings. The van der Waals surface area contributed by atoms with E-state index < -0.39 is 6.43 Å². The lowest BCUT2D eigenvalue weighted by Gasteiger charge is -2.27. The summed E-state index contributed by atoms with van der Waals surface area (Å²) in [5, 5.41) is 10.6. The number of rotatable bonds is 5. The Morgan fingerprint density at radius 2 is 1.88 bits per heavy atom. The van der Waals surface area contributed by atoms with Gasteiger partial charge in [0.25, 0.3) is 6.43 Å². The van der Waals surface area contributed by atoms with Crippen LogP contribution in [0.25, 0.3) is 0 Å². The highest BCUT2D eigenvalue weighted by Gasteiger charge is 2.41. The molecule has 3 aliphatic rings. The van der Waals surface area contributed by atoms with Crippen molar-refractivity contribution in [3.63, 3.8) is 0 Å². The smallest absolute Gasteiger partial charge is 0.267 e. The van der Waals surface area contributed by atoms with Gasteiger partial charge < -0.3 is 15.0 Å². The first-order valence-electron chi connectivity index (χ1n) is 9.46. The first-order valence-corrected chi connectivity index (χ1v) is 9.84. The summed E-state index contributed by atoms with van der Waals surface area (Å²) in [5.41, 5.74) is -0.259. The molecule has 1 aliphatic carbocycles. The molecule has 0 aromatic carbocycles. The quantitative estimate of drug-likeness (QED) is 0.837. The normalized spacial score (nSPS) is 30.1. The molecule has 1 saturated carbocycles. The predicted octanol–water partition coefficient (Wildman–Crippen LogP) is 3.62. The highest BCUT2D eigenvalue weighted by Crippen LogP contribution is 2.40. The molecule has 2 aliphatic heterocycles. The van der Waals surface area contributed by atoms with E-state index in [1.165, 1.54) is 25.5 Å². The highest BCUT2D eigenvalue weighted by molar-refractivity contribution is 6.30. The topological polar surface area (TPSA) is 50.3 Å². The van der Waals surface area contributed by atoms with E-state index in [-0.39, 0.29) is 16.8 Å². The van der Waals surface area contributed by atoms with Gasteiger partial charge in [-0.15, -0.1) is 10.2 Å². The van der Waals surface area contributed by atoms with Crippen LogP contribution in [-0.4, -0.2) is 54.0 Å². The maximum absolute atomic E-state index is 13.0. The van der Waals surface area contributed by atoms with Gasteiger partial charge in [0.1, 0.15) is 5.82 Å². The molecular formula is C18H25ClF2N4O. The summed E-state index contributed by atoms with van der Waals surface area (Å²) in [7, 11) is 0. The largest absolute Gasteiger partial charge is 0.381 e. The Morgan fingerprint density at radius 1 is 1.19 bits per heavy atom. The van der Waals surface area contributed by atoms with Gasteiger partial charge in [-0.1, -0.05) is 11.6 Å². The summed E-state index contributed by atoms with van der Waals surface area (Å²) in [6, 6.07) is 1.60. The second-order valence-electron chi connectivity index (χ2n) is 7.88. The number of nitrogens with zero attached hydrogens (tertiary/aromatic N) is 3. The molecule has 5 nitrogen and oxygen atoms in total. The molecule has 1 aromatic rings. The number of anilines is 1. The van der Waals surface area contributed by atoms with Crippen LogP contribution in [-0.2, 0) is 4.74 Å². The maximum Gasteiger partial charge on any atom is 0.267 e. The third-order valence-electron chi connectivity index (χ3n) is 6.05. The summed E-state index contributed by atoms with van der Waals surface area (Å²) < 4.78 is 31.3. The Balaban J connectivity index is 1.29. The molecule has 3 atom stereocenters. The van der Waals surface area contributed by atoms with Gasteiger partial charge in [-0.05, 0) is 49.5 Å². The number of alkyl halides is 2. The van der Waals surface area contributed by atoms with Crippen LogP contribution in [0.1, 0.15) is 37.7 Å². The van der Waals surface area contributed by atoms with E-state index in [0.29, 0.717) is 17.7 Å². The zero-order chi connectivity index (χ0) is 18.1. The number of fused-ring (bicyclic) bond motifs is 1. The molecule has 0 spiro atoms. The lowest BCUT2D eigenvalue weighted by atomic mass is 10.00. The lowest BCUT2D eigenvalue weighted by Crippen LogP contribution is -2.32. The fourth-order valence-corrected chi connectivity index (χ4v) is 4.96. The Morgan fingerprint density at radius 3 is 2.54 bits per heavy atom. The van der Waals surface area contributed by atoms with Crippen LogP contribution in [0, 0.1) is 17.8 Å². The number of halogens is 3. The Bertz CT molecular complexity index is 615. The van der Waals surface area contributed by atoms with Crippen molar-refractivity contribution in [3.8, 4) is 0 Å². The molecule has 1 aromatic heterocycles. The van der Waals surface area contributed by atoms with Crippen LogP contribution in [0.15, 0.2) is 6.07 Å². The van der Waals surface area contributed by atoms with E-state index in [1.807, 2.05) is 0 Å². The van der Waals surface area contributed by atoms with E-state index in [0.717, 1.165) is 45.1 Å². The van der Waals surface area contributed by atoms with E-state index in [9.17, 15) is 8.78 Å². The van der Waals surface area contributed by atoms with Crippen molar-refractivity contribution < 1.29 is 13.5 Å². The van der Waals surface area contributed by atoms with Crippen molar-refractivity contribution in [2.24, 2.45) is 17.8 Å². The second kappa shape index (κ2) is 7.90. The minimum Gasteiger partial charge on any atom is -0.381 e. The molecule has 26 heavy (non-hydrogen) atoms. The van der Waals surface area contributed by atoms with Crippen molar-refractivity contribution in [2.45, 2.75) is 38.2 Å². The van der Waals surface area contributed by atoms with Gasteiger partial charge in [0, 0.05) is 38.9 Å². The van der Waals surface area contributed by atoms with Crippen LogP contribution in [0.5, 0.6) is 0 Å². The zero-order valence-corrected chi connectivity index (χ0v) is 15.5. The van der Waals surface area contributed by atoms with Gasteiger partial charge in [-0.3, -0.25) is 0 Å². The van der Waals surface area contributed by atoms with Crippen molar-refractivity contribution >= 4 is 17.4 Å². The number of nitrogens with one attached hydrogen (secondary N) is 1. The number of ether oxygens (including phenoxy) is 1. The number of likely N-dealkylation sites (tertiary alicyclic amines) is 1. The molecule has 0 radical (unpaired) electrons. The predicted molar refractivity (Wildman–Crippen MR) is 95.6 cm³/mol. The van der Waals surface area contributed by atoms with Gasteiger partial charge in [-0.2, -0.15) is 0 Å². The second-order valence-corrected chi connectivity index (χ2v) is 8.24. The van der Waals surface area contributed by atoms with Gasteiger partial charge in [0.05, 0.1) is 5.56 Å². The Hall–Kier alpha value is -1.05. The molecule has 0 amide bonds. The van der Waals surface area contributed by atoms with Crippen molar-refractivity contribution in [1.82, 2.24) is 15.1 Å². The van der Waals surface area contributed by atoms with E-state index in [1.54, 1.807) is 0 Å². The van der Waals surface area contributed by atoms with Crippen LogP contribution in [0.4, 0.5) is 14.6 Å². The van der Waals surface area contributed by atoms with E-state index in [2.05, 4.69) is 20.4 Å². The molecule has 2 saturated heterocycles. The molecule has 3 heterocycles. The van der Waals surface area contributed by atoms with Crippen LogP contribution in [0.3, 0.4) is 0 Å². The fourth-order valence-electron chi connectivity index (χ4n) is 4.78.